The Balaban J connectivity index is 2.19. The lowest BCUT2D eigenvalue weighted by molar-refractivity contribution is 0.0885. The molecule has 0 saturated heterocycles. The molecule has 1 heterocycles. The summed E-state index contributed by atoms with van der Waals surface area (Å²) in [5.41, 5.74) is 6.28. The van der Waals surface area contributed by atoms with E-state index in [4.69, 9.17) is 10.6 Å². The van der Waals surface area contributed by atoms with Crippen LogP contribution in [0, 0.1) is 0 Å². The number of aromatic nitrogens is 1. The van der Waals surface area contributed by atoms with Gasteiger partial charge in [-0.3, -0.25) is 4.79 Å². The van der Waals surface area contributed by atoms with Crippen molar-refractivity contribution in [1.29, 1.82) is 0 Å². The second-order valence-electron chi connectivity index (χ2n) is 4.56. The van der Waals surface area contributed by atoms with Crippen molar-refractivity contribution in [3.8, 4) is 0 Å². The van der Waals surface area contributed by atoms with Crippen molar-refractivity contribution in [1.82, 2.24) is 4.73 Å². The lowest BCUT2D eigenvalue weighted by Crippen LogP contribution is -2.23. The van der Waals surface area contributed by atoms with Crippen LogP contribution in [0.15, 0.2) is 30.3 Å². The SMILES string of the molecule is CS(=O)(=O)CCCOn1c(C(N)=O)cc2ccccc21. The first-order valence-corrected chi connectivity index (χ1v) is 8.16. The van der Waals surface area contributed by atoms with Crippen LogP contribution in [0.5, 0.6) is 0 Å². The van der Waals surface area contributed by atoms with Crippen molar-refractivity contribution in [2.24, 2.45) is 5.73 Å². The lowest BCUT2D eigenvalue weighted by Gasteiger charge is -2.10. The van der Waals surface area contributed by atoms with Gasteiger partial charge in [0.1, 0.15) is 22.1 Å². The summed E-state index contributed by atoms with van der Waals surface area (Å²) >= 11 is 0. The molecule has 0 spiro atoms. The van der Waals surface area contributed by atoms with Gasteiger partial charge in [0.15, 0.2) is 0 Å². The summed E-state index contributed by atoms with van der Waals surface area (Å²) in [5.74, 6) is -0.553. The van der Waals surface area contributed by atoms with Gasteiger partial charge in [0.25, 0.3) is 5.91 Å². The van der Waals surface area contributed by atoms with E-state index < -0.39 is 15.7 Å². The minimum Gasteiger partial charge on any atom is -0.413 e. The molecule has 1 aromatic heterocycles. The number of fused-ring (bicyclic) bond motifs is 1. The lowest BCUT2D eigenvalue weighted by atomic mass is 10.2. The average Bonchev–Trinajstić information content (AvgIpc) is 2.72. The number of carbonyl (C=O) groups is 1. The van der Waals surface area contributed by atoms with E-state index in [-0.39, 0.29) is 18.1 Å². The summed E-state index contributed by atoms with van der Waals surface area (Å²) in [6.45, 7) is 0.187. The van der Waals surface area contributed by atoms with E-state index in [1.165, 1.54) is 11.0 Å². The largest absolute Gasteiger partial charge is 0.413 e. The Labute approximate surface area is 117 Å². The molecular weight excluding hydrogens is 280 g/mol. The highest BCUT2D eigenvalue weighted by molar-refractivity contribution is 7.90. The number of hydrogen-bond donors (Lipinski definition) is 1. The highest BCUT2D eigenvalue weighted by Crippen LogP contribution is 2.18. The van der Waals surface area contributed by atoms with Gasteiger partial charge < -0.3 is 10.6 Å². The molecule has 0 aliphatic carbocycles. The molecule has 7 heteroatoms. The van der Waals surface area contributed by atoms with Gasteiger partial charge in [0, 0.05) is 11.6 Å². The van der Waals surface area contributed by atoms with Crippen LogP contribution in [-0.4, -0.2) is 37.7 Å². The molecule has 6 nitrogen and oxygen atoms in total. The van der Waals surface area contributed by atoms with Gasteiger partial charge in [-0.1, -0.05) is 18.2 Å². The standard InChI is InChI=1S/C13H16N2O4S/c1-20(17,18)8-4-7-19-15-11-6-3-2-5-10(11)9-12(15)13(14)16/h2-3,5-6,9H,4,7-8H2,1H3,(H2,14,16). The van der Waals surface area contributed by atoms with Crippen LogP contribution in [0.2, 0.25) is 0 Å². The molecule has 0 bridgehead atoms. The molecule has 0 aliphatic rings. The van der Waals surface area contributed by atoms with Crippen molar-refractivity contribution in [3.63, 3.8) is 0 Å². The predicted octanol–water partition coefficient (Wildman–Crippen LogP) is 0.604. The van der Waals surface area contributed by atoms with Crippen LogP contribution in [0.1, 0.15) is 16.9 Å². The molecule has 108 valence electrons. The monoisotopic (exact) mass is 296 g/mol. The highest BCUT2D eigenvalue weighted by Gasteiger charge is 2.14. The van der Waals surface area contributed by atoms with Gasteiger partial charge in [-0.25, -0.2) is 8.42 Å². The summed E-state index contributed by atoms with van der Waals surface area (Å²) in [6, 6.07) is 8.97. The van der Waals surface area contributed by atoms with Gasteiger partial charge in [-0.05, 0) is 18.6 Å². The number of para-hydroxylation sites is 1. The Bertz CT molecular complexity index is 734. The summed E-state index contributed by atoms with van der Waals surface area (Å²) < 4.78 is 23.4. The average molecular weight is 296 g/mol. The zero-order chi connectivity index (χ0) is 14.8. The fourth-order valence-corrected chi connectivity index (χ4v) is 2.56. The van der Waals surface area contributed by atoms with E-state index in [1.807, 2.05) is 18.2 Å². The van der Waals surface area contributed by atoms with Crippen LogP contribution in [-0.2, 0) is 9.84 Å². The molecule has 0 radical (unpaired) electrons. The van der Waals surface area contributed by atoms with Gasteiger partial charge in [0.2, 0.25) is 0 Å². The third-order valence-corrected chi connectivity index (χ3v) is 3.83. The highest BCUT2D eigenvalue weighted by atomic mass is 32.2. The Kier molecular flexibility index (Phi) is 3.99. The zero-order valence-corrected chi connectivity index (χ0v) is 11.9. The summed E-state index contributed by atoms with van der Waals surface area (Å²) in [5, 5.41) is 0.837. The van der Waals surface area contributed by atoms with E-state index >= 15 is 0 Å². The van der Waals surface area contributed by atoms with E-state index in [0.29, 0.717) is 6.42 Å². The summed E-state index contributed by atoms with van der Waals surface area (Å²) in [6.07, 6.45) is 1.52. The van der Waals surface area contributed by atoms with Gasteiger partial charge >= 0.3 is 0 Å². The summed E-state index contributed by atoms with van der Waals surface area (Å²) in [7, 11) is -3.02. The molecular formula is C13H16N2O4S. The van der Waals surface area contributed by atoms with Crippen molar-refractivity contribution in [2.45, 2.75) is 6.42 Å². The minimum absolute atomic E-state index is 0.0398. The minimum atomic E-state index is -3.02. The zero-order valence-electron chi connectivity index (χ0n) is 11.1. The number of amides is 1. The van der Waals surface area contributed by atoms with Crippen LogP contribution in [0.25, 0.3) is 10.9 Å². The normalized spacial score (nSPS) is 11.7. The van der Waals surface area contributed by atoms with Crippen LogP contribution < -0.4 is 10.6 Å². The van der Waals surface area contributed by atoms with Gasteiger partial charge in [0.05, 0.1) is 11.3 Å². The van der Waals surface area contributed by atoms with Gasteiger partial charge in [-0.15, -0.1) is 0 Å². The third kappa shape index (κ3) is 3.30. The topological polar surface area (TPSA) is 91.4 Å². The maximum Gasteiger partial charge on any atom is 0.268 e. The van der Waals surface area contributed by atoms with Crippen molar-refractivity contribution in [2.75, 3.05) is 18.6 Å². The maximum atomic E-state index is 11.4. The molecule has 0 aliphatic heterocycles. The Morgan fingerprint density at radius 1 is 1.35 bits per heavy atom. The predicted molar refractivity (Wildman–Crippen MR) is 76.2 cm³/mol. The third-order valence-electron chi connectivity index (χ3n) is 2.80. The number of primary amides is 1. The van der Waals surface area contributed by atoms with Crippen LogP contribution in [0.4, 0.5) is 0 Å². The fourth-order valence-electron chi connectivity index (χ4n) is 1.92. The number of nitrogens with two attached hydrogens (primary N) is 1. The molecule has 1 aromatic carbocycles. The quantitative estimate of drug-likeness (QED) is 0.790. The molecule has 0 unspecified atom stereocenters. The number of carbonyl (C=O) groups excluding carboxylic acids is 1. The molecule has 2 N–H and O–H groups in total. The number of hydrogen-bond acceptors (Lipinski definition) is 4. The van der Waals surface area contributed by atoms with Gasteiger partial charge in [-0.2, -0.15) is 4.73 Å². The Morgan fingerprint density at radius 3 is 2.70 bits per heavy atom. The van der Waals surface area contributed by atoms with E-state index in [2.05, 4.69) is 0 Å². The fraction of sp³-hybridized carbons (Fsp3) is 0.308. The molecule has 2 rings (SSSR count). The van der Waals surface area contributed by atoms with Crippen molar-refractivity contribution < 1.29 is 18.0 Å². The maximum absolute atomic E-state index is 11.4. The molecule has 0 fully saturated rings. The van der Waals surface area contributed by atoms with E-state index in [0.717, 1.165) is 10.9 Å². The first-order valence-electron chi connectivity index (χ1n) is 6.10. The smallest absolute Gasteiger partial charge is 0.268 e. The molecule has 2 aromatic rings. The molecule has 1 amide bonds. The van der Waals surface area contributed by atoms with Crippen molar-refractivity contribution in [3.05, 3.63) is 36.0 Å². The second-order valence-corrected chi connectivity index (χ2v) is 6.82. The number of benzene rings is 1. The van der Waals surface area contributed by atoms with E-state index in [9.17, 15) is 13.2 Å². The number of sulfone groups is 1. The van der Waals surface area contributed by atoms with E-state index in [1.54, 1.807) is 12.1 Å². The molecule has 0 saturated carbocycles. The first-order chi connectivity index (χ1) is 9.38. The molecule has 0 atom stereocenters. The Hall–Kier alpha value is -2.02. The number of nitrogens with zero attached hydrogens (tertiary/aromatic N) is 1. The second kappa shape index (κ2) is 5.54. The Morgan fingerprint density at radius 2 is 2.05 bits per heavy atom. The van der Waals surface area contributed by atoms with Crippen molar-refractivity contribution >= 4 is 26.6 Å². The summed E-state index contributed by atoms with van der Waals surface area (Å²) in [4.78, 5) is 16.9. The van der Waals surface area contributed by atoms with Crippen LogP contribution in [0.3, 0.4) is 0 Å². The van der Waals surface area contributed by atoms with Crippen LogP contribution >= 0.6 is 0 Å². The molecule has 20 heavy (non-hydrogen) atoms. The number of rotatable bonds is 6. The first kappa shape index (κ1) is 14.4.